The lowest BCUT2D eigenvalue weighted by atomic mass is 9.89. The Balaban J connectivity index is 1.50. The number of hydrogen-bond acceptors (Lipinski definition) is 3. The van der Waals surface area contributed by atoms with Gasteiger partial charge in [0.15, 0.2) is 11.6 Å². The van der Waals surface area contributed by atoms with Gasteiger partial charge in [0.05, 0.1) is 0 Å². The van der Waals surface area contributed by atoms with Crippen molar-refractivity contribution in [3.05, 3.63) is 64.7 Å². The Morgan fingerprint density at radius 1 is 1.10 bits per heavy atom. The van der Waals surface area contributed by atoms with Gasteiger partial charge >= 0.3 is 6.03 Å². The Labute approximate surface area is 165 Å². The van der Waals surface area contributed by atoms with E-state index in [0.717, 1.165) is 36.3 Å². The molecule has 1 atom stereocenters. The van der Waals surface area contributed by atoms with E-state index in [1.54, 1.807) is 6.92 Å². The highest BCUT2D eigenvalue weighted by Gasteiger charge is 2.49. The van der Waals surface area contributed by atoms with Gasteiger partial charge in [-0.3, -0.25) is 14.5 Å². The molecule has 1 aliphatic carbocycles. The first-order chi connectivity index (χ1) is 13.8. The maximum atomic E-state index is 13.3. The molecule has 1 unspecified atom stereocenters. The van der Waals surface area contributed by atoms with Crippen molar-refractivity contribution in [1.82, 2.24) is 10.2 Å². The highest BCUT2D eigenvalue weighted by Crippen LogP contribution is 2.32. The van der Waals surface area contributed by atoms with E-state index < -0.39 is 41.6 Å². The minimum atomic E-state index is -1.27. The SMILES string of the molecule is CC1(c2ccc3c(c2)CCC3)NC(=O)N(CC(=O)Nc2ccc(F)c(F)c2)C1=O. The minimum Gasteiger partial charge on any atom is -0.324 e. The lowest BCUT2D eigenvalue weighted by molar-refractivity contribution is -0.133. The molecule has 2 aromatic rings. The van der Waals surface area contributed by atoms with E-state index >= 15 is 0 Å². The number of imide groups is 1. The molecule has 0 spiro atoms. The highest BCUT2D eigenvalue weighted by molar-refractivity contribution is 6.10. The average molecular weight is 399 g/mol. The van der Waals surface area contributed by atoms with Crippen LogP contribution >= 0.6 is 0 Å². The van der Waals surface area contributed by atoms with Crippen LogP contribution in [0, 0.1) is 11.6 Å². The predicted octanol–water partition coefficient (Wildman–Crippen LogP) is 2.86. The van der Waals surface area contributed by atoms with Gasteiger partial charge < -0.3 is 10.6 Å². The van der Waals surface area contributed by atoms with Crippen molar-refractivity contribution in [3.8, 4) is 0 Å². The summed E-state index contributed by atoms with van der Waals surface area (Å²) in [6.45, 7) is 1.07. The Bertz CT molecular complexity index is 1040. The summed E-state index contributed by atoms with van der Waals surface area (Å²) in [6, 6.07) is 7.95. The van der Waals surface area contributed by atoms with E-state index in [2.05, 4.69) is 10.6 Å². The second-order valence-corrected chi connectivity index (χ2v) is 7.46. The summed E-state index contributed by atoms with van der Waals surface area (Å²) >= 11 is 0. The van der Waals surface area contributed by atoms with Gasteiger partial charge in [0.1, 0.15) is 12.1 Å². The van der Waals surface area contributed by atoms with Crippen molar-refractivity contribution >= 4 is 23.5 Å². The second kappa shape index (κ2) is 6.95. The van der Waals surface area contributed by atoms with E-state index in [9.17, 15) is 23.2 Å². The van der Waals surface area contributed by atoms with E-state index in [4.69, 9.17) is 0 Å². The van der Waals surface area contributed by atoms with Gasteiger partial charge in [-0.25, -0.2) is 13.6 Å². The number of carbonyl (C=O) groups is 3. The van der Waals surface area contributed by atoms with Gasteiger partial charge in [-0.15, -0.1) is 0 Å². The number of fused-ring (bicyclic) bond motifs is 1. The Morgan fingerprint density at radius 3 is 2.62 bits per heavy atom. The number of rotatable bonds is 4. The zero-order valence-electron chi connectivity index (χ0n) is 15.7. The maximum absolute atomic E-state index is 13.3. The molecule has 1 heterocycles. The number of halogens is 2. The van der Waals surface area contributed by atoms with Crippen LogP contribution in [-0.2, 0) is 28.0 Å². The summed E-state index contributed by atoms with van der Waals surface area (Å²) in [5.74, 6) is -3.39. The van der Waals surface area contributed by atoms with Gasteiger partial charge in [-0.05, 0) is 55.0 Å². The summed E-state index contributed by atoms with van der Waals surface area (Å²) in [6.07, 6.45) is 3.00. The molecule has 1 saturated heterocycles. The van der Waals surface area contributed by atoms with Crippen molar-refractivity contribution in [2.24, 2.45) is 0 Å². The number of urea groups is 1. The van der Waals surface area contributed by atoms with Gasteiger partial charge in [0.25, 0.3) is 5.91 Å². The fourth-order valence-corrected chi connectivity index (χ4v) is 3.84. The normalized spacial score (nSPS) is 20.6. The molecule has 0 aromatic heterocycles. The number of nitrogens with zero attached hydrogens (tertiary/aromatic N) is 1. The molecule has 8 heteroatoms. The van der Waals surface area contributed by atoms with Crippen LogP contribution in [0.4, 0.5) is 19.3 Å². The van der Waals surface area contributed by atoms with Crippen molar-refractivity contribution < 1.29 is 23.2 Å². The van der Waals surface area contributed by atoms with Crippen molar-refractivity contribution in [2.75, 3.05) is 11.9 Å². The second-order valence-electron chi connectivity index (χ2n) is 7.46. The van der Waals surface area contributed by atoms with Gasteiger partial charge in [0, 0.05) is 11.8 Å². The summed E-state index contributed by atoms with van der Waals surface area (Å²) in [7, 11) is 0. The largest absolute Gasteiger partial charge is 0.325 e. The number of amides is 4. The monoisotopic (exact) mass is 399 g/mol. The number of carbonyl (C=O) groups excluding carboxylic acids is 3. The summed E-state index contributed by atoms with van der Waals surface area (Å²) in [4.78, 5) is 38.5. The molecule has 2 N–H and O–H groups in total. The first-order valence-corrected chi connectivity index (χ1v) is 9.29. The first-order valence-electron chi connectivity index (χ1n) is 9.29. The zero-order valence-corrected chi connectivity index (χ0v) is 15.7. The Kier molecular flexibility index (Phi) is 4.56. The van der Waals surface area contributed by atoms with Crippen LogP contribution in [0.5, 0.6) is 0 Å². The summed E-state index contributed by atoms with van der Waals surface area (Å²) in [5.41, 5.74) is 1.84. The molecule has 2 aliphatic rings. The van der Waals surface area contributed by atoms with E-state index in [1.165, 1.54) is 17.2 Å². The van der Waals surface area contributed by atoms with Crippen LogP contribution in [0.2, 0.25) is 0 Å². The molecule has 150 valence electrons. The Morgan fingerprint density at radius 2 is 1.86 bits per heavy atom. The minimum absolute atomic E-state index is 0.0299. The fourth-order valence-electron chi connectivity index (χ4n) is 3.84. The molecule has 0 radical (unpaired) electrons. The molecular formula is C21H19F2N3O3. The number of benzene rings is 2. The van der Waals surface area contributed by atoms with Crippen LogP contribution in [0.3, 0.4) is 0 Å². The standard InChI is InChI=1S/C21H19F2N3O3/c1-21(14-6-5-12-3-2-4-13(12)9-14)19(28)26(20(29)25-21)11-18(27)24-15-7-8-16(22)17(23)10-15/h5-10H,2-4,11H2,1H3,(H,24,27)(H,25,29). The van der Waals surface area contributed by atoms with E-state index in [0.29, 0.717) is 5.56 Å². The predicted molar refractivity (Wildman–Crippen MR) is 101 cm³/mol. The number of nitrogens with one attached hydrogen (secondary N) is 2. The number of anilines is 1. The van der Waals surface area contributed by atoms with Crippen molar-refractivity contribution in [1.29, 1.82) is 0 Å². The van der Waals surface area contributed by atoms with Crippen molar-refractivity contribution in [3.63, 3.8) is 0 Å². The van der Waals surface area contributed by atoms with Crippen LogP contribution in [0.1, 0.15) is 30.0 Å². The molecule has 0 bridgehead atoms. The highest BCUT2D eigenvalue weighted by atomic mass is 19.2. The topological polar surface area (TPSA) is 78.5 Å². The summed E-state index contributed by atoms with van der Waals surface area (Å²) < 4.78 is 26.3. The smallest absolute Gasteiger partial charge is 0.324 e. The third-order valence-corrected chi connectivity index (χ3v) is 5.46. The molecule has 29 heavy (non-hydrogen) atoms. The lowest BCUT2D eigenvalue weighted by Crippen LogP contribution is -2.42. The molecule has 0 saturated carbocycles. The zero-order chi connectivity index (χ0) is 20.8. The fraction of sp³-hybridized carbons (Fsp3) is 0.286. The maximum Gasteiger partial charge on any atom is 0.325 e. The van der Waals surface area contributed by atoms with Crippen LogP contribution in [-0.4, -0.2) is 29.3 Å². The molecule has 6 nitrogen and oxygen atoms in total. The average Bonchev–Trinajstić information content (AvgIpc) is 3.23. The third kappa shape index (κ3) is 3.35. The van der Waals surface area contributed by atoms with E-state index in [1.807, 2.05) is 18.2 Å². The van der Waals surface area contributed by atoms with Crippen LogP contribution < -0.4 is 10.6 Å². The van der Waals surface area contributed by atoms with Gasteiger partial charge in [-0.1, -0.05) is 18.2 Å². The van der Waals surface area contributed by atoms with E-state index in [-0.39, 0.29) is 5.69 Å². The molecule has 1 aliphatic heterocycles. The summed E-state index contributed by atoms with van der Waals surface area (Å²) in [5, 5.41) is 5.03. The number of hydrogen-bond donors (Lipinski definition) is 2. The molecule has 4 rings (SSSR count). The molecule has 2 aromatic carbocycles. The molecular weight excluding hydrogens is 380 g/mol. The van der Waals surface area contributed by atoms with Crippen LogP contribution in [0.15, 0.2) is 36.4 Å². The van der Waals surface area contributed by atoms with Crippen LogP contribution in [0.25, 0.3) is 0 Å². The lowest BCUT2D eigenvalue weighted by Gasteiger charge is -2.23. The number of aryl methyl sites for hydroxylation is 2. The first kappa shape index (κ1) is 19.0. The molecule has 4 amide bonds. The Hall–Kier alpha value is -3.29. The molecule has 1 fully saturated rings. The quantitative estimate of drug-likeness (QED) is 0.776. The van der Waals surface area contributed by atoms with Gasteiger partial charge in [-0.2, -0.15) is 0 Å². The third-order valence-electron chi connectivity index (χ3n) is 5.46. The van der Waals surface area contributed by atoms with Crippen molar-refractivity contribution in [2.45, 2.75) is 31.7 Å². The van der Waals surface area contributed by atoms with Gasteiger partial charge in [0.2, 0.25) is 5.91 Å².